The predicted molar refractivity (Wildman–Crippen MR) is 95.6 cm³/mol. The van der Waals surface area contributed by atoms with E-state index in [0.29, 0.717) is 6.42 Å². The van der Waals surface area contributed by atoms with Crippen molar-refractivity contribution in [2.45, 2.75) is 23.8 Å². The number of rotatable bonds is 6. The number of nitrogens with one attached hydrogen (secondary N) is 2. The van der Waals surface area contributed by atoms with Gasteiger partial charge in [-0.2, -0.15) is 0 Å². The first-order valence-electron chi connectivity index (χ1n) is 7.56. The smallest absolute Gasteiger partial charge is 0.319 e. The highest BCUT2D eigenvalue weighted by atomic mass is 32.2. The van der Waals surface area contributed by atoms with Gasteiger partial charge >= 0.3 is 5.97 Å². The third-order valence-corrected chi connectivity index (χ3v) is 4.59. The van der Waals surface area contributed by atoms with E-state index in [0.717, 1.165) is 23.9 Å². The summed E-state index contributed by atoms with van der Waals surface area (Å²) in [6, 6.07) is 4.79. The Labute approximate surface area is 152 Å². The summed E-state index contributed by atoms with van der Waals surface area (Å²) in [5.41, 5.74) is 5.02. The van der Waals surface area contributed by atoms with Gasteiger partial charge in [0.2, 0.25) is 0 Å². The monoisotopic (exact) mass is 380 g/mol. The second-order valence-corrected chi connectivity index (χ2v) is 6.32. The summed E-state index contributed by atoms with van der Waals surface area (Å²) >= 11 is 1.000. The highest BCUT2D eigenvalue weighted by molar-refractivity contribution is 8.00. The fourth-order valence-electron chi connectivity index (χ4n) is 2.00. The van der Waals surface area contributed by atoms with Gasteiger partial charge in [0, 0.05) is 5.56 Å². The van der Waals surface area contributed by atoms with Crippen LogP contribution in [0.25, 0.3) is 0 Å². The Balaban J connectivity index is 2.21. The van der Waals surface area contributed by atoms with Crippen molar-refractivity contribution in [3.05, 3.63) is 46.0 Å². The molecule has 26 heavy (non-hydrogen) atoms. The molecule has 4 N–H and O–H groups in total. The molecule has 0 bridgehead atoms. The van der Waals surface area contributed by atoms with E-state index in [1.54, 1.807) is 6.92 Å². The van der Waals surface area contributed by atoms with Crippen LogP contribution in [0.2, 0.25) is 0 Å². The zero-order valence-electron chi connectivity index (χ0n) is 14.0. The second kappa shape index (κ2) is 8.48. The van der Waals surface area contributed by atoms with Crippen LogP contribution in [0.5, 0.6) is 0 Å². The van der Waals surface area contributed by atoms with Gasteiger partial charge in [0.05, 0.1) is 7.11 Å². The van der Waals surface area contributed by atoms with Crippen LogP contribution < -0.4 is 16.6 Å². The number of nitrogens with two attached hydrogens (primary N) is 1. The summed E-state index contributed by atoms with van der Waals surface area (Å²) in [5, 5.41) is 1.92. The number of ether oxygens (including phenoxy) is 1. The molecule has 0 unspecified atom stereocenters. The number of benzene rings is 1. The first-order valence-corrected chi connectivity index (χ1v) is 8.44. The van der Waals surface area contributed by atoms with E-state index >= 15 is 0 Å². The van der Waals surface area contributed by atoms with Crippen molar-refractivity contribution < 1.29 is 18.7 Å². The number of H-pyrrole nitrogens is 1. The van der Waals surface area contributed by atoms with E-state index < -0.39 is 28.5 Å². The maximum absolute atomic E-state index is 12.9. The predicted octanol–water partition coefficient (Wildman–Crippen LogP) is 1.79. The average molecular weight is 380 g/mol. The van der Waals surface area contributed by atoms with E-state index in [1.807, 2.05) is 0 Å². The number of anilines is 2. The topological polar surface area (TPSA) is 127 Å². The normalized spacial score (nSPS) is 11.7. The number of thioether (sulfide) groups is 1. The molecule has 0 aliphatic heterocycles. The van der Waals surface area contributed by atoms with Crippen molar-refractivity contribution in [2.24, 2.45) is 0 Å². The van der Waals surface area contributed by atoms with Gasteiger partial charge in [-0.1, -0.05) is 18.7 Å². The molecular formula is C16H17FN4O4S. The molecule has 0 radical (unpaired) electrons. The molecule has 0 saturated heterocycles. The molecule has 0 saturated carbocycles. The fraction of sp³-hybridized carbons (Fsp3) is 0.250. The van der Waals surface area contributed by atoms with Gasteiger partial charge in [0.1, 0.15) is 16.8 Å². The van der Waals surface area contributed by atoms with Crippen LogP contribution in [0, 0.1) is 5.82 Å². The SMILES string of the molecule is CC[C@@H](Sc1nc(N)c(NC(=O)c2ccc(F)cc2)c(=O)[nH]1)C(=O)OC. The summed E-state index contributed by atoms with van der Waals surface area (Å²) in [7, 11) is 1.27. The van der Waals surface area contributed by atoms with Crippen molar-refractivity contribution in [3.8, 4) is 0 Å². The molecule has 2 rings (SSSR count). The van der Waals surface area contributed by atoms with Crippen LogP contribution in [-0.2, 0) is 9.53 Å². The van der Waals surface area contributed by atoms with Gasteiger partial charge in [0.25, 0.3) is 11.5 Å². The lowest BCUT2D eigenvalue weighted by Crippen LogP contribution is -2.24. The van der Waals surface area contributed by atoms with Gasteiger partial charge in [-0.15, -0.1) is 0 Å². The minimum atomic E-state index is -0.671. The van der Waals surface area contributed by atoms with Gasteiger partial charge in [-0.3, -0.25) is 19.4 Å². The molecular weight excluding hydrogens is 363 g/mol. The number of carbonyl (C=O) groups excluding carboxylic acids is 2. The average Bonchev–Trinajstić information content (AvgIpc) is 2.62. The summed E-state index contributed by atoms with van der Waals surface area (Å²) in [6.45, 7) is 1.79. The standard InChI is InChI=1S/C16H17FN4O4S/c1-3-10(15(24)25-2)26-16-20-12(18)11(14(23)21-16)19-13(22)8-4-6-9(17)7-5-8/h4-7,10H,3H2,1-2H3,(H,19,22)(H3,18,20,21,23)/t10-/m1/s1. The zero-order valence-corrected chi connectivity index (χ0v) is 14.9. The minimum Gasteiger partial charge on any atom is -0.468 e. The number of hydrogen-bond donors (Lipinski definition) is 3. The number of carbonyl (C=O) groups is 2. The maximum atomic E-state index is 12.9. The molecule has 8 nitrogen and oxygen atoms in total. The number of halogens is 1. The number of nitrogen functional groups attached to an aromatic ring is 1. The molecule has 0 fully saturated rings. The molecule has 1 aromatic heterocycles. The number of nitrogens with zero attached hydrogens (tertiary/aromatic N) is 1. The quantitative estimate of drug-likeness (QED) is 0.396. The van der Waals surface area contributed by atoms with Crippen LogP contribution in [0.15, 0.2) is 34.2 Å². The van der Waals surface area contributed by atoms with Crippen LogP contribution in [0.3, 0.4) is 0 Å². The Morgan fingerprint density at radius 2 is 2.04 bits per heavy atom. The fourth-order valence-corrected chi connectivity index (χ4v) is 2.93. The first-order chi connectivity index (χ1) is 12.3. The molecule has 10 heteroatoms. The molecule has 1 atom stereocenters. The number of hydrogen-bond acceptors (Lipinski definition) is 7. The largest absolute Gasteiger partial charge is 0.468 e. The van der Waals surface area contributed by atoms with Crippen molar-refractivity contribution in [2.75, 3.05) is 18.2 Å². The van der Waals surface area contributed by atoms with Gasteiger partial charge < -0.3 is 15.8 Å². The summed E-state index contributed by atoms with van der Waals surface area (Å²) in [4.78, 5) is 42.4. The van der Waals surface area contributed by atoms with Crippen molar-refractivity contribution in [3.63, 3.8) is 0 Å². The zero-order chi connectivity index (χ0) is 19.3. The summed E-state index contributed by atoms with van der Waals surface area (Å²) < 4.78 is 17.6. The number of esters is 1. The second-order valence-electron chi connectivity index (χ2n) is 5.13. The summed E-state index contributed by atoms with van der Waals surface area (Å²) in [6.07, 6.45) is 0.462. The lowest BCUT2D eigenvalue weighted by atomic mass is 10.2. The summed E-state index contributed by atoms with van der Waals surface area (Å²) in [5.74, 6) is -1.78. The van der Waals surface area contributed by atoms with E-state index in [4.69, 9.17) is 5.73 Å². The Morgan fingerprint density at radius 3 is 2.58 bits per heavy atom. The highest BCUT2D eigenvalue weighted by Gasteiger charge is 2.21. The maximum Gasteiger partial charge on any atom is 0.319 e. The minimum absolute atomic E-state index is 0.129. The molecule has 0 aliphatic rings. The molecule has 138 valence electrons. The Hall–Kier alpha value is -2.88. The third kappa shape index (κ3) is 4.60. The van der Waals surface area contributed by atoms with Gasteiger partial charge in [0.15, 0.2) is 11.0 Å². The van der Waals surface area contributed by atoms with E-state index in [1.165, 1.54) is 19.2 Å². The molecule has 0 aliphatic carbocycles. The van der Waals surface area contributed by atoms with E-state index in [9.17, 15) is 18.8 Å². The van der Waals surface area contributed by atoms with Crippen LogP contribution in [0.1, 0.15) is 23.7 Å². The molecule has 2 aromatic rings. The van der Waals surface area contributed by atoms with E-state index in [-0.39, 0.29) is 22.2 Å². The number of aromatic amines is 1. The number of methoxy groups -OCH3 is 1. The van der Waals surface area contributed by atoms with Crippen molar-refractivity contribution in [1.29, 1.82) is 0 Å². The lowest BCUT2D eigenvalue weighted by Gasteiger charge is -2.12. The third-order valence-electron chi connectivity index (χ3n) is 3.36. The molecule has 1 amide bonds. The van der Waals surface area contributed by atoms with Gasteiger partial charge in [-0.25, -0.2) is 9.37 Å². The van der Waals surface area contributed by atoms with E-state index in [2.05, 4.69) is 20.0 Å². The Kier molecular flexibility index (Phi) is 6.34. The highest BCUT2D eigenvalue weighted by Crippen LogP contribution is 2.24. The Bertz CT molecular complexity index is 870. The lowest BCUT2D eigenvalue weighted by molar-refractivity contribution is -0.140. The first kappa shape index (κ1) is 19.4. The van der Waals surface area contributed by atoms with Crippen molar-refractivity contribution >= 4 is 35.1 Å². The number of aromatic nitrogens is 2. The van der Waals surface area contributed by atoms with Crippen molar-refractivity contribution in [1.82, 2.24) is 9.97 Å². The molecule has 1 heterocycles. The van der Waals surface area contributed by atoms with Crippen LogP contribution in [0.4, 0.5) is 15.9 Å². The molecule has 0 spiro atoms. The molecule has 1 aromatic carbocycles. The van der Waals surface area contributed by atoms with Crippen LogP contribution >= 0.6 is 11.8 Å². The number of amides is 1. The van der Waals surface area contributed by atoms with Gasteiger partial charge in [-0.05, 0) is 30.7 Å². The Morgan fingerprint density at radius 1 is 1.38 bits per heavy atom. The van der Waals surface area contributed by atoms with Crippen LogP contribution in [-0.4, -0.2) is 34.2 Å².